The fraction of sp³-hybridized carbons (Fsp3) is 0.667. The molecule has 2 fully saturated rings. The molecule has 2 aliphatic heterocycles. The molecule has 2 saturated heterocycles. The molecule has 0 aromatic heterocycles. The van der Waals surface area contributed by atoms with Gasteiger partial charge in [0, 0.05) is 18.6 Å². The van der Waals surface area contributed by atoms with Gasteiger partial charge in [0.1, 0.15) is 5.75 Å². The van der Waals surface area contributed by atoms with Gasteiger partial charge in [-0.3, -0.25) is 4.79 Å². The molecule has 1 aromatic carbocycles. The number of amides is 1. The van der Waals surface area contributed by atoms with E-state index in [2.05, 4.69) is 37.9 Å². The molecule has 0 spiro atoms. The lowest BCUT2D eigenvalue weighted by Gasteiger charge is -2.36. The summed E-state index contributed by atoms with van der Waals surface area (Å²) in [6.45, 7) is 11.1. The van der Waals surface area contributed by atoms with Crippen molar-refractivity contribution in [1.29, 1.82) is 0 Å². The van der Waals surface area contributed by atoms with E-state index >= 15 is 0 Å². The molecule has 1 amide bonds. The third-order valence-electron chi connectivity index (χ3n) is 5.58. The van der Waals surface area contributed by atoms with Crippen LogP contribution in [0.2, 0.25) is 0 Å². The van der Waals surface area contributed by atoms with Gasteiger partial charge >= 0.3 is 0 Å². The van der Waals surface area contributed by atoms with Crippen LogP contribution in [0.5, 0.6) is 5.75 Å². The Morgan fingerprint density at radius 3 is 2.56 bits per heavy atom. The number of hydrogen-bond acceptors (Lipinski definition) is 3. The van der Waals surface area contributed by atoms with Crippen molar-refractivity contribution in [3.63, 3.8) is 0 Å². The highest BCUT2D eigenvalue weighted by atomic mass is 16.5. The minimum absolute atomic E-state index is 0.263. The maximum absolute atomic E-state index is 13.4. The summed E-state index contributed by atoms with van der Waals surface area (Å²) in [5.74, 6) is 1.64. The Kier molecular flexibility index (Phi) is 5.38. The smallest absolute Gasteiger partial charge is 0.233 e. The van der Waals surface area contributed by atoms with E-state index in [-0.39, 0.29) is 5.91 Å². The van der Waals surface area contributed by atoms with Gasteiger partial charge in [-0.1, -0.05) is 26.0 Å². The minimum Gasteiger partial charge on any atom is -0.493 e. The van der Waals surface area contributed by atoms with Gasteiger partial charge in [-0.15, -0.1) is 0 Å². The average Bonchev–Trinajstić information content (AvgIpc) is 2.85. The lowest BCUT2D eigenvalue weighted by molar-refractivity contribution is -0.139. The molecule has 2 bridgehead atoms. The first-order chi connectivity index (χ1) is 11.9. The van der Waals surface area contributed by atoms with Crippen LogP contribution in [0.15, 0.2) is 24.3 Å². The van der Waals surface area contributed by atoms with Crippen LogP contribution in [0.25, 0.3) is 0 Å². The van der Waals surface area contributed by atoms with Gasteiger partial charge in [0.15, 0.2) is 0 Å². The molecule has 2 heterocycles. The van der Waals surface area contributed by atoms with Crippen LogP contribution < -0.4 is 10.1 Å². The molecule has 0 saturated carbocycles. The highest BCUT2D eigenvalue weighted by Gasteiger charge is 2.43. The molecule has 2 atom stereocenters. The SMILES string of the molecule is CC(C)COc1ccc(C(C)(C)C(=O)N2C3CCNCC2CC3)cc1. The van der Waals surface area contributed by atoms with Crippen LogP contribution in [-0.4, -0.2) is 42.6 Å². The fourth-order valence-electron chi connectivity index (χ4n) is 3.99. The number of nitrogens with one attached hydrogen (secondary N) is 1. The topological polar surface area (TPSA) is 41.6 Å². The Morgan fingerprint density at radius 1 is 1.20 bits per heavy atom. The Hall–Kier alpha value is -1.55. The maximum atomic E-state index is 13.4. The van der Waals surface area contributed by atoms with Crippen LogP contribution in [-0.2, 0) is 10.2 Å². The monoisotopic (exact) mass is 344 g/mol. The summed E-state index contributed by atoms with van der Waals surface area (Å²) in [5, 5.41) is 3.47. The van der Waals surface area contributed by atoms with Crippen molar-refractivity contribution in [2.45, 2.75) is 64.5 Å². The van der Waals surface area contributed by atoms with Gasteiger partial charge in [-0.05, 0) is 63.3 Å². The van der Waals surface area contributed by atoms with Crippen molar-refractivity contribution in [3.05, 3.63) is 29.8 Å². The van der Waals surface area contributed by atoms with Gasteiger partial charge in [0.05, 0.1) is 12.0 Å². The van der Waals surface area contributed by atoms with Crippen LogP contribution in [0.1, 0.15) is 52.5 Å². The first kappa shape index (κ1) is 18.2. The second-order valence-electron chi connectivity index (χ2n) is 8.44. The van der Waals surface area contributed by atoms with Crippen molar-refractivity contribution < 1.29 is 9.53 Å². The number of hydrogen-bond donors (Lipinski definition) is 1. The van der Waals surface area contributed by atoms with Crippen molar-refractivity contribution in [3.8, 4) is 5.75 Å². The molecule has 138 valence electrons. The van der Waals surface area contributed by atoms with E-state index in [0.29, 0.717) is 24.6 Å². The van der Waals surface area contributed by atoms with E-state index in [1.165, 1.54) is 0 Å². The predicted molar refractivity (Wildman–Crippen MR) is 101 cm³/mol. The Morgan fingerprint density at radius 2 is 1.88 bits per heavy atom. The van der Waals surface area contributed by atoms with E-state index in [1.54, 1.807) is 0 Å². The highest BCUT2D eigenvalue weighted by Crippen LogP contribution is 2.35. The van der Waals surface area contributed by atoms with Crippen molar-refractivity contribution in [2.75, 3.05) is 19.7 Å². The van der Waals surface area contributed by atoms with Gasteiger partial charge in [-0.25, -0.2) is 0 Å². The maximum Gasteiger partial charge on any atom is 0.233 e. The first-order valence-electron chi connectivity index (χ1n) is 9.66. The third-order valence-corrected chi connectivity index (χ3v) is 5.58. The third kappa shape index (κ3) is 3.84. The Balaban J connectivity index is 1.75. The van der Waals surface area contributed by atoms with E-state index in [9.17, 15) is 4.79 Å². The molecule has 4 nitrogen and oxygen atoms in total. The molecular formula is C21H32N2O2. The van der Waals surface area contributed by atoms with E-state index in [0.717, 1.165) is 43.7 Å². The zero-order valence-corrected chi connectivity index (χ0v) is 16.0. The molecule has 4 heteroatoms. The lowest BCUT2D eigenvalue weighted by atomic mass is 9.82. The number of benzene rings is 1. The largest absolute Gasteiger partial charge is 0.493 e. The molecule has 1 N–H and O–H groups in total. The fourth-order valence-corrected chi connectivity index (χ4v) is 3.99. The van der Waals surface area contributed by atoms with Gasteiger partial charge in [-0.2, -0.15) is 0 Å². The molecule has 1 aromatic rings. The Bertz CT molecular complexity index is 580. The molecule has 0 aliphatic carbocycles. The van der Waals surface area contributed by atoms with Crippen molar-refractivity contribution in [2.24, 2.45) is 5.92 Å². The number of rotatable bonds is 5. The lowest BCUT2D eigenvalue weighted by Crippen LogP contribution is -2.50. The zero-order valence-electron chi connectivity index (χ0n) is 16.0. The number of fused-ring (bicyclic) bond motifs is 2. The predicted octanol–water partition coefficient (Wildman–Crippen LogP) is 3.35. The summed E-state index contributed by atoms with van der Waals surface area (Å²) < 4.78 is 5.77. The van der Waals surface area contributed by atoms with E-state index in [4.69, 9.17) is 4.74 Å². The van der Waals surface area contributed by atoms with Gasteiger partial charge < -0.3 is 15.0 Å². The van der Waals surface area contributed by atoms with E-state index in [1.807, 2.05) is 24.3 Å². The summed E-state index contributed by atoms with van der Waals surface area (Å²) >= 11 is 0. The molecule has 3 rings (SSSR count). The van der Waals surface area contributed by atoms with Crippen LogP contribution in [0.3, 0.4) is 0 Å². The molecule has 2 unspecified atom stereocenters. The second-order valence-corrected chi connectivity index (χ2v) is 8.44. The zero-order chi connectivity index (χ0) is 18.0. The first-order valence-corrected chi connectivity index (χ1v) is 9.66. The van der Waals surface area contributed by atoms with Gasteiger partial charge in [0.2, 0.25) is 5.91 Å². The minimum atomic E-state index is -0.512. The van der Waals surface area contributed by atoms with Crippen LogP contribution in [0, 0.1) is 5.92 Å². The molecule has 25 heavy (non-hydrogen) atoms. The molecule has 0 radical (unpaired) electrons. The summed E-state index contributed by atoms with van der Waals surface area (Å²) in [7, 11) is 0. The number of carbonyl (C=O) groups excluding carboxylic acids is 1. The normalized spacial score (nSPS) is 23.6. The quantitative estimate of drug-likeness (QED) is 0.891. The molecular weight excluding hydrogens is 312 g/mol. The molecule has 2 aliphatic rings. The standard InChI is InChI=1S/C21H32N2O2/c1-15(2)14-25-19-9-5-16(6-10-19)21(3,4)20(24)23-17-7-8-18(23)13-22-12-11-17/h5-6,9-10,15,17-18,22H,7-8,11-14H2,1-4H3. The summed E-state index contributed by atoms with van der Waals surface area (Å²) in [6.07, 6.45) is 3.35. The highest BCUT2D eigenvalue weighted by molar-refractivity contribution is 5.88. The number of carbonyl (C=O) groups is 1. The van der Waals surface area contributed by atoms with Crippen LogP contribution >= 0.6 is 0 Å². The van der Waals surface area contributed by atoms with Crippen molar-refractivity contribution >= 4 is 5.91 Å². The van der Waals surface area contributed by atoms with Crippen molar-refractivity contribution in [1.82, 2.24) is 10.2 Å². The Labute approximate surface area is 151 Å². The number of nitrogens with zero attached hydrogens (tertiary/aromatic N) is 1. The average molecular weight is 344 g/mol. The summed E-state index contributed by atoms with van der Waals surface area (Å²) in [6, 6.07) is 8.83. The summed E-state index contributed by atoms with van der Waals surface area (Å²) in [4.78, 5) is 15.6. The van der Waals surface area contributed by atoms with Gasteiger partial charge in [0.25, 0.3) is 0 Å². The number of ether oxygens (including phenoxy) is 1. The summed E-state index contributed by atoms with van der Waals surface area (Å²) in [5.41, 5.74) is 0.549. The van der Waals surface area contributed by atoms with Crippen LogP contribution in [0.4, 0.5) is 0 Å². The second kappa shape index (κ2) is 7.36. The van der Waals surface area contributed by atoms with E-state index < -0.39 is 5.41 Å².